The Kier molecular flexibility index (Phi) is 4.74. The van der Waals surface area contributed by atoms with Crippen LogP contribution in [0.4, 0.5) is 4.39 Å². The first-order valence-electron chi connectivity index (χ1n) is 6.73. The number of benzene rings is 2. The second-order valence-corrected chi connectivity index (χ2v) is 4.93. The van der Waals surface area contributed by atoms with Crippen LogP contribution in [0.5, 0.6) is 5.75 Å². The van der Waals surface area contributed by atoms with Crippen molar-refractivity contribution in [3.8, 4) is 5.75 Å². The fourth-order valence-electron chi connectivity index (χ4n) is 2.15. The lowest BCUT2D eigenvalue weighted by atomic mass is 10.1. The van der Waals surface area contributed by atoms with E-state index >= 15 is 0 Å². The van der Waals surface area contributed by atoms with Crippen LogP contribution < -0.4 is 10.1 Å². The van der Waals surface area contributed by atoms with Crippen molar-refractivity contribution in [1.82, 2.24) is 5.32 Å². The molecule has 0 fully saturated rings. The van der Waals surface area contributed by atoms with E-state index in [1.807, 2.05) is 30.3 Å². The van der Waals surface area contributed by atoms with Crippen molar-refractivity contribution < 1.29 is 9.13 Å². The van der Waals surface area contributed by atoms with E-state index in [0.717, 1.165) is 16.9 Å². The number of hydrogen-bond acceptors (Lipinski definition) is 2. The van der Waals surface area contributed by atoms with E-state index in [0.29, 0.717) is 12.1 Å². The fraction of sp³-hybridized carbons (Fsp3) is 0.294. The zero-order valence-corrected chi connectivity index (χ0v) is 12.1. The molecule has 0 heterocycles. The van der Waals surface area contributed by atoms with Gasteiger partial charge in [0.2, 0.25) is 0 Å². The second kappa shape index (κ2) is 6.53. The molecule has 2 aromatic carbocycles. The Hall–Kier alpha value is -1.87. The van der Waals surface area contributed by atoms with Crippen LogP contribution in [0.25, 0.3) is 0 Å². The Bertz CT molecular complexity index is 583. The molecule has 0 bridgehead atoms. The molecule has 1 atom stereocenters. The number of rotatable bonds is 5. The summed E-state index contributed by atoms with van der Waals surface area (Å²) in [4.78, 5) is 0. The third kappa shape index (κ3) is 3.36. The van der Waals surface area contributed by atoms with Crippen molar-refractivity contribution in [1.29, 1.82) is 0 Å². The van der Waals surface area contributed by atoms with E-state index in [-0.39, 0.29) is 11.9 Å². The van der Waals surface area contributed by atoms with Crippen LogP contribution in [0.3, 0.4) is 0 Å². The maximum absolute atomic E-state index is 13.5. The van der Waals surface area contributed by atoms with Crippen LogP contribution in [-0.2, 0) is 6.54 Å². The summed E-state index contributed by atoms with van der Waals surface area (Å²) in [5, 5.41) is 3.39. The molecule has 0 aliphatic heterocycles. The maximum Gasteiger partial charge on any atom is 0.126 e. The smallest absolute Gasteiger partial charge is 0.126 e. The molecule has 0 aromatic heterocycles. The molecule has 0 spiro atoms. The van der Waals surface area contributed by atoms with E-state index in [1.165, 1.54) is 0 Å². The summed E-state index contributed by atoms with van der Waals surface area (Å²) in [6.07, 6.45) is 0. The predicted molar refractivity (Wildman–Crippen MR) is 79.4 cm³/mol. The van der Waals surface area contributed by atoms with Gasteiger partial charge in [-0.3, -0.25) is 0 Å². The number of aryl methyl sites for hydroxylation is 1. The number of nitrogens with one attached hydrogen (secondary N) is 1. The molecule has 0 amide bonds. The van der Waals surface area contributed by atoms with Crippen molar-refractivity contribution in [2.75, 3.05) is 7.11 Å². The van der Waals surface area contributed by atoms with Crippen molar-refractivity contribution in [3.63, 3.8) is 0 Å². The molecular formula is C17H20FNO. The van der Waals surface area contributed by atoms with Gasteiger partial charge in [0.25, 0.3) is 0 Å². The average Bonchev–Trinajstić information content (AvgIpc) is 2.48. The summed E-state index contributed by atoms with van der Waals surface area (Å²) >= 11 is 0. The highest BCUT2D eigenvalue weighted by Gasteiger charge is 2.10. The Morgan fingerprint density at radius 2 is 1.95 bits per heavy atom. The van der Waals surface area contributed by atoms with Crippen molar-refractivity contribution in [2.45, 2.75) is 26.4 Å². The number of halogens is 1. The summed E-state index contributed by atoms with van der Waals surface area (Å²) in [5.41, 5.74) is 2.71. The molecule has 0 saturated heterocycles. The summed E-state index contributed by atoms with van der Waals surface area (Å²) in [5.74, 6) is 0.705. The molecule has 2 aromatic rings. The van der Waals surface area contributed by atoms with Gasteiger partial charge in [-0.15, -0.1) is 0 Å². The largest absolute Gasteiger partial charge is 0.496 e. The van der Waals surface area contributed by atoms with E-state index in [1.54, 1.807) is 26.2 Å². The lowest BCUT2D eigenvalue weighted by Crippen LogP contribution is -2.18. The summed E-state index contributed by atoms with van der Waals surface area (Å²) in [7, 11) is 1.67. The number of para-hydroxylation sites is 1. The molecule has 0 aliphatic rings. The zero-order valence-electron chi connectivity index (χ0n) is 12.1. The molecule has 2 rings (SSSR count). The van der Waals surface area contributed by atoms with Gasteiger partial charge < -0.3 is 10.1 Å². The van der Waals surface area contributed by atoms with Crippen LogP contribution in [-0.4, -0.2) is 7.11 Å². The topological polar surface area (TPSA) is 21.3 Å². The van der Waals surface area contributed by atoms with Crippen molar-refractivity contribution in [2.24, 2.45) is 0 Å². The number of methoxy groups -OCH3 is 1. The van der Waals surface area contributed by atoms with Gasteiger partial charge in [0.05, 0.1) is 7.11 Å². The van der Waals surface area contributed by atoms with Gasteiger partial charge in [0, 0.05) is 18.2 Å². The summed E-state index contributed by atoms with van der Waals surface area (Å²) < 4.78 is 18.9. The quantitative estimate of drug-likeness (QED) is 0.889. The van der Waals surface area contributed by atoms with E-state index in [4.69, 9.17) is 4.74 Å². The van der Waals surface area contributed by atoms with Crippen molar-refractivity contribution in [3.05, 3.63) is 65.0 Å². The van der Waals surface area contributed by atoms with Crippen LogP contribution >= 0.6 is 0 Å². The first-order chi connectivity index (χ1) is 9.61. The van der Waals surface area contributed by atoms with Gasteiger partial charge >= 0.3 is 0 Å². The van der Waals surface area contributed by atoms with Crippen LogP contribution in [0, 0.1) is 12.7 Å². The van der Waals surface area contributed by atoms with E-state index in [9.17, 15) is 4.39 Å². The first-order valence-corrected chi connectivity index (χ1v) is 6.73. The second-order valence-electron chi connectivity index (χ2n) is 4.93. The normalized spacial score (nSPS) is 12.2. The minimum Gasteiger partial charge on any atom is -0.496 e. The van der Waals surface area contributed by atoms with Gasteiger partial charge in [0.15, 0.2) is 0 Å². The third-order valence-corrected chi connectivity index (χ3v) is 3.45. The molecule has 0 saturated carbocycles. The average molecular weight is 273 g/mol. The zero-order chi connectivity index (χ0) is 14.5. The van der Waals surface area contributed by atoms with E-state index < -0.39 is 0 Å². The Labute approximate surface area is 119 Å². The third-order valence-electron chi connectivity index (χ3n) is 3.45. The predicted octanol–water partition coefficient (Wildman–Crippen LogP) is 3.99. The summed E-state index contributed by atoms with van der Waals surface area (Å²) in [6.45, 7) is 4.46. The molecule has 3 heteroatoms. The molecule has 20 heavy (non-hydrogen) atoms. The molecular weight excluding hydrogens is 253 g/mol. The lowest BCUT2D eigenvalue weighted by Gasteiger charge is -2.17. The number of ether oxygens (including phenoxy) is 1. The molecule has 106 valence electrons. The molecule has 0 aliphatic carbocycles. The van der Waals surface area contributed by atoms with Crippen LogP contribution in [0.2, 0.25) is 0 Å². The van der Waals surface area contributed by atoms with Crippen molar-refractivity contribution >= 4 is 0 Å². The van der Waals surface area contributed by atoms with Crippen LogP contribution in [0.15, 0.2) is 42.5 Å². The van der Waals surface area contributed by atoms with Gasteiger partial charge in [-0.25, -0.2) is 4.39 Å². The first kappa shape index (κ1) is 14.5. The highest BCUT2D eigenvalue weighted by atomic mass is 19.1. The Balaban J connectivity index is 2.04. The number of hydrogen-bond donors (Lipinski definition) is 1. The molecule has 0 radical (unpaired) electrons. The standard InChI is InChI=1S/C17H20FNO/c1-12-8-9-14(10-16(12)18)11-19-13(2)15-6-4-5-7-17(15)20-3/h4-10,13,19H,11H2,1-3H3/t13-/m0/s1. The van der Waals surface area contributed by atoms with Crippen LogP contribution in [0.1, 0.15) is 29.7 Å². The molecule has 1 N–H and O–H groups in total. The van der Waals surface area contributed by atoms with Gasteiger partial charge in [-0.1, -0.05) is 30.3 Å². The Morgan fingerprint density at radius 3 is 2.65 bits per heavy atom. The SMILES string of the molecule is COc1ccccc1[C@H](C)NCc1ccc(C)c(F)c1. The minimum absolute atomic E-state index is 0.135. The lowest BCUT2D eigenvalue weighted by molar-refractivity contribution is 0.401. The summed E-state index contributed by atoms with van der Waals surface area (Å²) in [6, 6.07) is 13.4. The molecule has 2 nitrogen and oxygen atoms in total. The highest BCUT2D eigenvalue weighted by molar-refractivity contribution is 5.35. The maximum atomic E-state index is 13.5. The van der Waals surface area contributed by atoms with E-state index in [2.05, 4.69) is 12.2 Å². The minimum atomic E-state index is -0.158. The fourth-order valence-corrected chi connectivity index (χ4v) is 2.15. The van der Waals surface area contributed by atoms with Gasteiger partial charge in [0.1, 0.15) is 11.6 Å². The highest BCUT2D eigenvalue weighted by Crippen LogP contribution is 2.24. The molecule has 0 unspecified atom stereocenters. The van der Waals surface area contributed by atoms with Gasteiger partial charge in [-0.05, 0) is 37.1 Å². The van der Waals surface area contributed by atoms with Gasteiger partial charge in [-0.2, -0.15) is 0 Å². The monoisotopic (exact) mass is 273 g/mol. The Morgan fingerprint density at radius 1 is 1.20 bits per heavy atom.